The molecule has 0 spiro atoms. The lowest BCUT2D eigenvalue weighted by Crippen LogP contribution is -2.48. The summed E-state index contributed by atoms with van der Waals surface area (Å²) in [6.45, 7) is 2.10. The average molecular weight is 329 g/mol. The van der Waals surface area contributed by atoms with Gasteiger partial charge in [0.1, 0.15) is 0 Å². The first-order chi connectivity index (χ1) is 10.1. The van der Waals surface area contributed by atoms with Crippen molar-refractivity contribution in [2.24, 2.45) is 29.1 Å². The van der Waals surface area contributed by atoms with Crippen molar-refractivity contribution < 1.29 is 9.90 Å². The fourth-order valence-electron chi connectivity index (χ4n) is 6.08. The second-order valence-corrected chi connectivity index (χ2v) is 8.38. The molecule has 2 unspecified atom stereocenters. The Hall–Kier alpha value is -0.320. The van der Waals surface area contributed by atoms with Gasteiger partial charge in [-0.05, 0) is 61.7 Å². The Morgan fingerprint density at radius 2 is 1.68 bits per heavy atom. The third kappa shape index (κ3) is 3.15. The van der Waals surface area contributed by atoms with E-state index in [2.05, 4.69) is 10.6 Å². The summed E-state index contributed by atoms with van der Waals surface area (Å²) in [5.74, 6) is 3.13. The zero-order chi connectivity index (χ0) is 14.4. The Bertz CT molecular complexity index is 394. The van der Waals surface area contributed by atoms with Crippen LogP contribution in [0.1, 0.15) is 44.9 Å². The van der Waals surface area contributed by atoms with Crippen molar-refractivity contribution >= 4 is 18.3 Å². The van der Waals surface area contributed by atoms with E-state index in [9.17, 15) is 9.90 Å². The maximum Gasteiger partial charge on any atom is 0.220 e. The number of hydrogen-bond acceptors (Lipinski definition) is 3. The second-order valence-electron chi connectivity index (χ2n) is 8.38. The maximum atomic E-state index is 12.4. The molecule has 4 nitrogen and oxygen atoms in total. The summed E-state index contributed by atoms with van der Waals surface area (Å²) in [5, 5.41) is 16.1. The fourth-order valence-corrected chi connectivity index (χ4v) is 6.08. The van der Waals surface area contributed by atoms with Gasteiger partial charge >= 0.3 is 0 Å². The number of aliphatic hydroxyl groups excluding tert-OH is 1. The predicted molar refractivity (Wildman–Crippen MR) is 87.8 cm³/mol. The number of amides is 1. The van der Waals surface area contributed by atoms with Gasteiger partial charge < -0.3 is 15.7 Å². The van der Waals surface area contributed by atoms with Crippen molar-refractivity contribution in [3.05, 3.63) is 0 Å². The van der Waals surface area contributed by atoms with E-state index in [1.807, 2.05) is 0 Å². The highest BCUT2D eigenvalue weighted by Gasteiger charge is 2.51. The van der Waals surface area contributed by atoms with Crippen LogP contribution < -0.4 is 10.6 Å². The normalized spacial score (nSPS) is 45.6. The van der Waals surface area contributed by atoms with Crippen molar-refractivity contribution in [2.75, 3.05) is 19.6 Å². The van der Waals surface area contributed by atoms with E-state index in [1.165, 1.54) is 38.5 Å². The highest BCUT2D eigenvalue weighted by Crippen LogP contribution is 2.61. The van der Waals surface area contributed by atoms with Crippen molar-refractivity contribution in [1.29, 1.82) is 0 Å². The summed E-state index contributed by atoms with van der Waals surface area (Å²) in [6.07, 6.45) is 8.60. The first-order valence-corrected chi connectivity index (χ1v) is 8.77. The summed E-state index contributed by atoms with van der Waals surface area (Å²) in [7, 11) is 0. The molecule has 0 aromatic rings. The van der Waals surface area contributed by atoms with Gasteiger partial charge in [0.15, 0.2) is 0 Å². The van der Waals surface area contributed by atoms with Gasteiger partial charge in [0.05, 0.1) is 6.10 Å². The smallest absolute Gasteiger partial charge is 0.220 e. The Morgan fingerprint density at radius 1 is 1.09 bits per heavy atom. The van der Waals surface area contributed by atoms with E-state index in [0.29, 0.717) is 18.5 Å². The monoisotopic (exact) mass is 328 g/mol. The van der Waals surface area contributed by atoms with Gasteiger partial charge in [0.2, 0.25) is 5.91 Å². The Balaban J connectivity index is 0.00000144. The van der Waals surface area contributed by atoms with Crippen LogP contribution in [0.5, 0.6) is 0 Å². The zero-order valence-corrected chi connectivity index (χ0v) is 14.0. The van der Waals surface area contributed by atoms with E-state index < -0.39 is 0 Å². The van der Waals surface area contributed by atoms with Crippen LogP contribution in [0.4, 0.5) is 0 Å². The van der Waals surface area contributed by atoms with Gasteiger partial charge in [-0.15, -0.1) is 12.4 Å². The molecule has 0 aromatic carbocycles. The van der Waals surface area contributed by atoms with E-state index in [0.717, 1.165) is 30.7 Å². The molecular weight excluding hydrogens is 300 g/mol. The summed E-state index contributed by atoms with van der Waals surface area (Å²) < 4.78 is 0. The third-order valence-corrected chi connectivity index (χ3v) is 6.57. The lowest BCUT2D eigenvalue weighted by molar-refractivity contribution is -0.129. The highest BCUT2D eigenvalue weighted by molar-refractivity contribution is 5.85. The predicted octanol–water partition coefficient (Wildman–Crippen LogP) is 1.71. The van der Waals surface area contributed by atoms with Crippen LogP contribution in [0.25, 0.3) is 0 Å². The van der Waals surface area contributed by atoms with Gasteiger partial charge in [-0.1, -0.05) is 0 Å². The molecule has 22 heavy (non-hydrogen) atoms. The minimum atomic E-state index is -0.301. The number of β-amino-alcohol motifs (C(OH)–C–C–N with tert-alkyl or cyclic N) is 1. The van der Waals surface area contributed by atoms with Crippen LogP contribution in [0.2, 0.25) is 0 Å². The Kier molecular flexibility index (Phi) is 4.73. The molecule has 5 heteroatoms. The molecule has 1 saturated heterocycles. The number of nitrogens with one attached hydrogen (secondary N) is 2. The highest BCUT2D eigenvalue weighted by atomic mass is 35.5. The molecule has 1 amide bonds. The molecule has 0 radical (unpaired) electrons. The summed E-state index contributed by atoms with van der Waals surface area (Å²) in [4.78, 5) is 12.4. The minimum absolute atomic E-state index is 0. The van der Waals surface area contributed by atoms with E-state index in [4.69, 9.17) is 0 Å². The van der Waals surface area contributed by atoms with Gasteiger partial charge in [0.25, 0.3) is 0 Å². The molecule has 2 atom stereocenters. The van der Waals surface area contributed by atoms with Crippen molar-refractivity contribution in [2.45, 2.75) is 51.0 Å². The van der Waals surface area contributed by atoms with Crippen LogP contribution >= 0.6 is 12.4 Å². The molecule has 126 valence electrons. The molecule has 3 N–H and O–H groups in total. The van der Waals surface area contributed by atoms with Gasteiger partial charge in [-0.25, -0.2) is 0 Å². The number of aliphatic hydroxyl groups is 1. The molecule has 1 heterocycles. The van der Waals surface area contributed by atoms with Gasteiger partial charge in [0, 0.05) is 32.0 Å². The lowest BCUT2D eigenvalue weighted by atomic mass is 9.49. The van der Waals surface area contributed by atoms with Gasteiger partial charge in [-0.3, -0.25) is 4.79 Å². The summed E-state index contributed by atoms with van der Waals surface area (Å²) in [6, 6.07) is 0. The SMILES string of the molecule is Cl.O=C(CC12CC3CC(CC(C3)C1)C2)NCC1CNCC1O. The fraction of sp³-hybridized carbons (Fsp3) is 0.941. The number of hydrogen-bond donors (Lipinski definition) is 3. The summed E-state index contributed by atoms with van der Waals surface area (Å²) in [5.41, 5.74) is 0.325. The average Bonchev–Trinajstić information content (AvgIpc) is 2.79. The van der Waals surface area contributed by atoms with Crippen molar-refractivity contribution in [3.63, 3.8) is 0 Å². The Labute approximate surface area is 139 Å². The first kappa shape index (κ1) is 16.5. The molecule has 1 aliphatic heterocycles. The first-order valence-electron chi connectivity index (χ1n) is 8.77. The number of rotatable bonds is 4. The number of halogens is 1. The lowest BCUT2D eigenvalue weighted by Gasteiger charge is -2.56. The largest absolute Gasteiger partial charge is 0.391 e. The molecule has 4 bridgehead atoms. The van der Waals surface area contributed by atoms with Gasteiger partial charge in [-0.2, -0.15) is 0 Å². The van der Waals surface area contributed by atoms with Crippen LogP contribution in [0.15, 0.2) is 0 Å². The van der Waals surface area contributed by atoms with Crippen LogP contribution in [0, 0.1) is 29.1 Å². The molecule has 4 saturated carbocycles. The summed E-state index contributed by atoms with van der Waals surface area (Å²) >= 11 is 0. The second kappa shape index (κ2) is 6.29. The van der Waals surface area contributed by atoms with Crippen molar-refractivity contribution in [1.82, 2.24) is 10.6 Å². The standard InChI is InChI=1S/C17H28N2O2.ClH/c20-15-10-18-8-14(15)9-19-16(21)7-17-4-11-1-12(5-17)3-13(2-11)6-17;/h11-15,18,20H,1-10H2,(H,19,21);1H. The number of carbonyl (C=O) groups is 1. The zero-order valence-electron chi connectivity index (χ0n) is 13.2. The van der Waals surface area contributed by atoms with Crippen LogP contribution in [-0.2, 0) is 4.79 Å². The molecular formula is C17H29ClN2O2. The van der Waals surface area contributed by atoms with Crippen LogP contribution in [0.3, 0.4) is 0 Å². The minimum Gasteiger partial charge on any atom is -0.391 e. The molecule has 5 fully saturated rings. The molecule has 4 aliphatic carbocycles. The third-order valence-electron chi connectivity index (χ3n) is 6.57. The van der Waals surface area contributed by atoms with E-state index >= 15 is 0 Å². The van der Waals surface area contributed by atoms with E-state index in [1.54, 1.807) is 0 Å². The van der Waals surface area contributed by atoms with E-state index in [-0.39, 0.29) is 30.3 Å². The topological polar surface area (TPSA) is 61.4 Å². The molecule has 5 rings (SSSR count). The number of carbonyl (C=O) groups excluding carboxylic acids is 1. The Morgan fingerprint density at radius 3 is 2.18 bits per heavy atom. The molecule has 5 aliphatic rings. The van der Waals surface area contributed by atoms with Crippen molar-refractivity contribution in [3.8, 4) is 0 Å². The quantitative estimate of drug-likeness (QED) is 0.736. The van der Waals surface area contributed by atoms with Crippen LogP contribution in [-0.4, -0.2) is 36.8 Å². The molecule has 0 aromatic heterocycles. The maximum absolute atomic E-state index is 12.4.